The van der Waals surface area contributed by atoms with E-state index in [1.54, 1.807) is 12.4 Å². The Kier molecular flexibility index (Phi) is 4.57. The normalized spacial score (nSPS) is 14.6. The van der Waals surface area contributed by atoms with Crippen molar-refractivity contribution in [2.75, 3.05) is 0 Å². The molecule has 0 saturated heterocycles. The van der Waals surface area contributed by atoms with E-state index in [0.717, 1.165) is 11.4 Å². The molecule has 17 heavy (non-hydrogen) atoms. The molecule has 0 aliphatic heterocycles. The maximum absolute atomic E-state index is 11.1. The average molecular weight is 237 g/mol. The number of carboxylic acid groups (broad SMARTS) is 1. The third kappa shape index (κ3) is 3.49. The van der Waals surface area contributed by atoms with Gasteiger partial charge in [-0.3, -0.25) is 20.1 Å². The van der Waals surface area contributed by atoms with E-state index in [4.69, 9.17) is 5.11 Å². The summed E-state index contributed by atoms with van der Waals surface area (Å²) < 4.78 is 0. The van der Waals surface area contributed by atoms with Crippen molar-refractivity contribution in [1.29, 1.82) is 0 Å². The third-order valence-corrected chi connectivity index (χ3v) is 2.69. The van der Waals surface area contributed by atoms with Gasteiger partial charge >= 0.3 is 5.97 Å². The summed E-state index contributed by atoms with van der Waals surface area (Å²) in [6.45, 7) is 7.52. The number of nitrogens with one attached hydrogen (secondary N) is 1. The molecule has 94 valence electrons. The van der Waals surface area contributed by atoms with E-state index in [9.17, 15) is 4.79 Å². The fourth-order valence-corrected chi connectivity index (χ4v) is 1.74. The van der Waals surface area contributed by atoms with Gasteiger partial charge in [0.25, 0.3) is 0 Å². The van der Waals surface area contributed by atoms with Crippen LogP contribution < -0.4 is 5.32 Å². The van der Waals surface area contributed by atoms with Crippen LogP contribution >= 0.6 is 0 Å². The van der Waals surface area contributed by atoms with Gasteiger partial charge in [-0.15, -0.1) is 0 Å². The van der Waals surface area contributed by atoms with Gasteiger partial charge in [-0.2, -0.15) is 0 Å². The van der Waals surface area contributed by atoms with Crippen LogP contribution in [0.4, 0.5) is 0 Å². The number of carbonyl (C=O) groups is 1. The van der Waals surface area contributed by atoms with Gasteiger partial charge in [0.05, 0.1) is 11.4 Å². The minimum Gasteiger partial charge on any atom is -0.480 e. The van der Waals surface area contributed by atoms with Gasteiger partial charge in [0.2, 0.25) is 0 Å². The van der Waals surface area contributed by atoms with E-state index < -0.39 is 12.0 Å². The molecule has 1 rings (SSSR count). The van der Waals surface area contributed by atoms with Gasteiger partial charge in [0.15, 0.2) is 0 Å². The zero-order valence-corrected chi connectivity index (χ0v) is 10.6. The summed E-state index contributed by atoms with van der Waals surface area (Å²) in [5.74, 6) is -0.819. The van der Waals surface area contributed by atoms with Gasteiger partial charge < -0.3 is 5.11 Å². The molecular weight excluding hydrogens is 218 g/mol. The van der Waals surface area contributed by atoms with Gasteiger partial charge in [-0.05, 0) is 19.8 Å². The highest BCUT2D eigenvalue weighted by molar-refractivity contribution is 5.73. The Balaban J connectivity index is 2.81. The molecule has 0 fully saturated rings. The van der Waals surface area contributed by atoms with Crippen LogP contribution in [0.2, 0.25) is 0 Å². The van der Waals surface area contributed by atoms with Crippen molar-refractivity contribution < 1.29 is 9.90 Å². The second-order valence-electron chi connectivity index (χ2n) is 4.48. The second-order valence-corrected chi connectivity index (χ2v) is 4.48. The lowest BCUT2D eigenvalue weighted by atomic mass is 10.0. The number of aliphatic carboxylic acids is 1. The summed E-state index contributed by atoms with van der Waals surface area (Å²) in [5.41, 5.74) is 1.61. The van der Waals surface area contributed by atoms with E-state index in [1.807, 2.05) is 27.7 Å². The van der Waals surface area contributed by atoms with Crippen LogP contribution in [0.3, 0.4) is 0 Å². The van der Waals surface area contributed by atoms with Crippen LogP contribution in [0.25, 0.3) is 0 Å². The van der Waals surface area contributed by atoms with Crippen molar-refractivity contribution in [2.45, 2.75) is 39.8 Å². The molecule has 1 heterocycles. The molecule has 2 unspecified atom stereocenters. The van der Waals surface area contributed by atoms with E-state index in [1.165, 1.54) is 0 Å². The van der Waals surface area contributed by atoms with Crippen LogP contribution in [0.1, 0.15) is 38.2 Å². The van der Waals surface area contributed by atoms with Crippen molar-refractivity contribution in [3.05, 3.63) is 23.8 Å². The van der Waals surface area contributed by atoms with Crippen molar-refractivity contribution in [3.63, 3.8) is 0 Å². The SMILES string of the molecule is Cc1nccnc1C(C)NC(C(=O)O)C(C)C. The molecule has 0 amide bonds. The summed E-state index contributed by atoms with van der Waals surface area (Å²) in [6, 6.07) is -0.710. The molecule has 0 spiro atoms. The Morgan fingerprint density at radius 3 is 2.35 bits per heavy atom. The second kappa shape index (κ2) is 5.72. The van der Waals surface area contributed by atoms with Crippen molar-refractivity contribution >= 4 is 5.97 Å². The Morgan fingerprint density at radius 1 is 1.29 bits per heavy atom. The van der Waals surface area contributed by atoms with Crippen molar-refractivity contribution in [1.82, 2.24) is 15.3 Å². The lowest BCUT2D eigenvalue weighted by Gasteiger charge is -2.23. The van der Waals surface area contributed by atoms with Crippen molar-refractivity contribution in [2.24, 2.45) is 5.92 Å². The number of hydrogen-bond acceptors (Lipinski definition) is 4. The highest BCUT2D eigenvalue weighted by atomic mass is 16.4. The molecule has 1 aromatic rings. The molecule has 2 N–H and O–H groups in total. The van der Waals surface area contributed by atoms with E-state index in [-0.39, 0.29) is 12.0 Å². The number of rotatable bonds is 5. The fourth-order valence-electron chi connectivity index (χ4n) is 1.74. The van der Waals surface area contributed by atoms with Crippen LogP contribution in [0, 0.1) is 12.8 Å². The molecule has 0 aliphatic rings. The molecular formula is C12H19N3O2. The van der Waals surface area contributed by atoms with Crippen LogP contribution in [-0.4, -0.2) is 27.1 Å². The first-order valence-corrected chi connectivity index (χ1v) is 5.69. The molecule has 5 heteroatoms. The van der Waals surface area contributed by atoms with Crippen LogP contribution in [0.5, 0.6) is 0 Å². The molecule has 2 atom stereocenters. The number of hydrogen-bond donors (Lipinski definition) is 2. The zero-order valence-electron chi connectivity index (χ0n) is 10.6. The standard InChI is InChI=1S/C12H19N3O2/c1-7(2)10(12(16)17)15-9(4)11-8(3)13-5-6-14-11/h5-7,9-10,15H,1-4H3,(H,16,17). The van der Waals surface area contributed by atoms with E-state index in [2.05, 4.69) is 15.3 Å². The fraction of sp³-hybridized carbons (Fsp3) is 0.583. The Morgan fingerprint density at radius 2 is 1.88 bits per heavy atom. The maximum Gasteiger partial charge on any atom is 0.320 e. The molecule has 0 aromatic carbocycles. The van der Waals surface area contributed by atoms with Crippen molar-refractivity contribution in [3.8, 4) is 0 Å². The molecule has 0 radical (unpaired) electrons. The third-order valence-electron chi connectivity index (χ3n) is 2.69. The highest BCUT2D eigenvalue weighted by Crippen LogP contribution is 2.14. The van der Waals surface area contributed by atoms with Gasteiger partial charge in [-0.1, -0.05) is 13.8 Å². The molecule has 0 aliphatic carbocycles. The summed E-state index contributed by atoms with van der Waals surface area (Å²) in [5, 5.41) is 12.2. The number of nitrogens with zero attached hydrogens (tertiary/aromatic N) is 2. The monoisotopic (exact) mass is 237 g/mol. The summed E-state index contributed by atoms with van der Waals surface area (Å²) in [4.78, 5) is 19.5. The Hall–Kier alpha value is -1.49. The molecule has 1 aromatic heterocycles. The first kappa shape index (κ1) is 13.6. The zero-order chi connectivity index (χ0) is 13.0. The number of aryl methyl sites for hydroxylation is 1. The maximum atomic E-state index is 11.1. The first-order valence-electron chi connectivity index (χ1n) is 5.69. The topological polar surface area (TPSA) is 75.1 Å². The lowest BCUT2D eigenvalue weighted by Crippen LogP contribution is -2.42. The average Bonchev–Trinajstić information content (AvgIpc) is 2.25. The van der Waals surface area contributed by atoms with Crippen LogP contribution in [-0.2, 0) is 4.79 Å². The van der Waals surface area contributed by atoms with E-state index >= 15 is 0 Å². The Labute approximate surface area is 101 Å². The Bertz CT molecular complexity index is 393. The van der Waals surface area contributed by atoms with Crippen LogP contribution in [0.15, 0.2) is 12.4 Å². The first-order chi connectivity index (χ1) is 7.93. The minimum atomic E-state index is -0.839. The van der Waals surface area contributed by atoms with Gasteiger partial charge in [0, 0.05) is 18.4 Å². The molecule has 5 nitrogen and oxygen atoms in total. The number of carboxylic acids is 1. The smallest absolute Gasteiger partial charge is 0.320 e. The minimum absolute atomic E-state index is 0.0203. The summed E-state index contributed by atoms with van der Waals surface area (Å²) >= 11 is 0. The quantitative estimate of drug-likeness (QED) is 0.812. The predicted octanol–water partition coefficient (Wildman–Crippen LogP) is 1.54. The summed E-state index contributed by atoms with van der Waals surface area (Å²) in [6.07, 6.45) is 3.24. The highest BCUT2D eigenvalue weighted by Gasteiger charge is 2.24. The van der Waals surface area contributed by atoms with E-state index in [0.29, 0.717) is 0 Å². The van der Waals surface area contributed by atoms with Gasteiger partial charge in [0.1, 0.15) is 6.04 Å². The lowest BCUT2D eigenvalue weighted by molar-refractivity contribution is -0.140. The largest absolute Gasteiger partial charge is 0.480 e. The molecule has 0 saturated carbocycles. The molecule has 0 bridgehead atoms. The van der Waals surface area contributed by atoms with Gasteiger partial charge in [-0.25, -0.2) is 0 Å². The summed E-state index contributed by atoms with van der Waals surface area (Å²) in [7, 11) is 0. The predicted molar refractivity (Wildman–Crippen MR) is 64.6 cm³/mol. The number of aromatic nitrogens is 2.